The summed E-state index contributed by atoms with van der Waals surface area (Å²) in [4.78, 5) is 37.6. The molecular weight excluding hydrogens is 408 g/mol. The summed E-state index contributed by atoms with van der Waals surface area (Å²) in [5.74, 6) is 0.0126. The van der Waals surface area contributed by atoms with Crippen LogP contribution in [0, 0.1) is 16.0 Å². The number of hydrogen-bond acceptors (Lipinski definition) is 5. The van der Waals surface area contributed by atoms with E-state index in [4.69, 9.17) is 5.73 Å². The first-order valence-corrected chi connectivity index (χ1v) is 11.1. The fraction of sp³-hybridized carbons (Fsp3) is 0.417. The van der Waals surface area contributed by atoms with E-state index < -0.39 is 4.92 Å². The number of benzene rings is 2. The maximum atomic E-state index is 13.0. The number of carbonyl (C=O) groups is 2. The third kappa shape index (κ3) is 5.13. The Hall–Kier alpha value is -3.26. The molecule has 2 fully saturated rings. The molecule has 2 aromatic rings. The fourth-order valence-electron chi connectivity index (χ4n) is 4.28. The topological polar surface area (TPSA) is 119 Å². The zero-order valence-corrected chi connectivity index (χ0v) is 17.9. The van der Waals surface area contributed by atoms with Crippen LogP contribution in [0.1, 0.15) is 54.4 Å². The second-order valence-corrected chi connectivity index (χ2v) is 8.71. The standard InChI is InChI=1S/C24H28N4O4/c25-21-3-1-2-4-22(21)27(24(30)18-7-8-18)15-16-5-11-19(12-6-16)26-23(29)17-9-13-20(14-10-17)28(31)32/h5-6,9-14,18,21-22H,1-4,7-8,15,25H2,(H,26,29). The van der Waals surface area contributed by atoms with Crippen molar-refractivity contribution in [2.75, 3.05) is 5.32 Å². The van der Waals surface area contributed by atoms with Gasteiger partial charge < -0.3 is 16.0 Å². The third-order valence-electron chi connectivity index (χ3n) is 6.30. The Bertz CT molecular complexity index is 986. The normalized spacial score (nSPS) is 20.4. The summed E-state index contributed by atoms with van der Waals surface area (Å²) < 4.78 is 0. The second kappa shape index (κ2) is 9.48. The SMILES string of the molecule is NC1CCCCC1N(Cc1ccc(NC(=O)c2ccc([N+](=O)[O-])cc2)cc1)C(=O)C1CC1. The Kier molecular flexibility index (Phi) is 6.50. The highest BCUT2D eigenvalue weighted by atomic mass is 16.6. The van der Waals surface area contributed by atoms with Gasteiger partial charge in [0.15, 0.2) is 0 Å². The lowest BCUT2D eigenvalue weighted by molar-refractivity contribution is -0.384. The molecule has 2 saturated carbocycles. The molecule has 8 nitrogen and oxygen atoms in total. The first-order chi connectivity index (χ1) is 15.4. The van der Waals surface area contributed by atoms with Crippen LogP contribution in [0.5, 0.6) is 0 Å². The largest absolute Gasteiger partial charge is 0.334 e. The molecule has 0 saturated heterocycles. The van der Waals surface area contributed by atoms with Crippen molar-refractivity contribution in [3.63, 3.8) is 0 Å². The van der Waals surface area contributed by atoms with Crippen molar-refractivity contribution in [3.05, 3.63) is 69.8 Å². The van der Waals surface area contributed by atoms with Gasteiger partial charge in [-0.3, -0.25) is 19.7 Å². The minimum absolute atomic E-state index is 0.0201. The third-order valence-corrected chi connectivity index (χ3v) is 6.30. The number of carbonyl (C=O) groups excluding carboxylic acids is 2. The van der Waals surface area contributed by atoms with E-state index in [-0.39, 0.29) is 35.5 Å². The van der Waals surface area contributed by atoms with Gasteiger partial charge in [0.25, 0.3) is 11.6 Å². The Morgan fingerprint density at radius 2 is 1.66 bits per heavy atom. The second-order valence-electron chi connectivity index (χ2n) is 8.71. The minimum Gasteiger partial charge on any atom is -0.334 e. The van der Waals surface area contributed by atoms with E-state index in [1.807, 2.05) is 17.0 Å². The van der Waals surface area contributed by atoms with Crippen LogP contribution >= 0.6 is 0 Å². The molecule has 0 radical (unpaired) electrons. The van der Waals surface area contributed by atoms with E-state index in [0.717, 1.165) is 44.1 Å². The molecule has 0 heterocycles. The monoisotopic (exact) mass is 436 g/mol. The van der Waals surface area contributed by atoms with Gasteiger partial charge in [-0.25, -0.2) is 0 Å². The number of nitrogens with zero attached hydrogens (tertiary/aromatic N) is 2. The van der Waals surface area contributed by atoms with Crippen molar-refractivity contribution in [1.29, 1.82) is 0 Å². The van der Waals surface area contributed by atoms with Crippen molar-refractivity contribution >= 4 is 23.2 Å². The highest BCUT2D eigenvalue weighted by Crippen LogP contribution is 2.34. The van der Waals surface area contributed by atoms with E-state index in [9.17, 15) is 19.7 Å². The van der Waals surface area contributed by atoms with Crippen LogP contribution in [0.2, 0.25) is 0 Å². The lowest BCUT2D eigenvalue weighted by atomic mass is 9.89. The quantitative estimate of drug-likeness (QED) is 0.505. The number of nitrogens with one attached hydrogen (secondary N) is 1. The Morgan fingerprint density at radius 3 is 2.25 bits per heavy atom. The predicted octanol–water partition coefficient (Wildman–Crippen LogP) is 3.86. The number of rotatable bonds is 7. The summed E-state index contributed by atoms with van der Waals surface area (Å²) in [6, 6.07) is 13.0. The summed E-state index contributed by atoms with van der Waals surface area (Å²) >= 11 is 0. The molecule has 2 amide bonds. The molecule has 2 aromatic carbocycles. The van der Waals surface area contributed by atoms with Crippen LogP contribution < -0.4 is 11.1 Å². The first kappa shape index (κ1) is 22.0. The molecule has 32 heavy (non-hydrogen) atoms. The number of nitrogens with two attached hydrogens (primary N) is 1. The van der Waals surface area contributed by atoms with E-state index in [1.54, 1.807) is 12.1 Å². The van der Waals surface area contributed by atoms with Crippen molar-refractivity contribution in [2.24, 2.45) is 11.7 Å². The van der Waals surface area contributed by atoms with Gasteiger partial charge >= 0.3 is 0 Å². The maximum absolute atomic E-state index is 13.0. The van der Waals surface area contributed by atoms with Crippen molar-refractivity contribution < 1.29 is 14.5 Å². The highest BCUT2D eigenvalue weighted by Gasteiger charge is 2.38. The van der Waals surface area contributed by atoms with Crippen molar-refractivity contribution in [1.82, 2.24) is 4.90 Å². The Labute approximate surface area is 186 Å². The zero-order valence-electron chi connectivity index (χ0n) is 17.9. The van der Waals surface area contributed by atoms with Gasteiger partial charge in [-0.05, 0) is 55.5 Å². The first-order valence-electron chi connectivity index (χ1n) is 11.1. The van der Waals surface area contributed by atoms with Gasteiger partial charge in [0.1, 0.15) is 0 Å². The molecule has 0 aromatic heterocycles. The molecule has 3 N–H and O–H groups in total. The van der Waals surface area contributed by atoms with E-state index in [0.29, 0.717) is 17.8 Å². The molecule has 8 heteroatoms. The van der Waals surface area contributed by atoms with E-state index in [1.165, 1.54) is 24.3 Å². The van der Waals surface area contributed by atoms with Crippen LogP contribution in [0.3, 0.4) is 0 Å². The van der Waals surface area contributed by atoms with Gasteiger partial charge in [0, 0.05) is 47.9 Å². The van der Waals surface area contributed by atoms with Crippen LogP contribution in [-0.4, -0.2) is 33.7 Å². The van der Waals surface area contributed by atoms with Gasteiger partial charge in [0.2, 0.25) is 5.91 Å². The van der Waals surface area contributed by atoms with Crippen LogP contribution in [-0.2, 0) is 11.3 Å². The lowest BCUT2D eigenvalue weighted by Gasteiger charge is -2.38. The van der Waals surface area contributed by atoms with Crippen LogP contribution in [0.4, 0.5) is 11.4 Å². The molecule has 4 rings (SSSR count). The molecule has 0 aliphatic heterocycles. The molecular formula is C24H28N4O4. The maximum Gasteiger partial charge on any atom is 0.269 e. The smallest absolute Gasteiger partial charge is 0.269 e. The minimum atomic E-state index is -0.502. The summed E-state index contributed by atoms with van der Waals surface area (Å²) in [7, 11) is 0. The van der Waals surface area contributed by atoms with Gasteiger partial charge in [-0.15, -0.1) is 0 Å². The molecule has 2 aliphatic carbocycles. The average molecular weight is 437 g/mol. The number of nitro groups is 1. The summed E-state index contributed by atoms with van der Waals surface area (Å²) in [6.45, 7) is 0.518. The van der Waals surface area contributed by atoms with Crippen LogP contribution in [0.15, 0.2) is 48.5 Å². The molecule has 168 valence electrons. The zero-order chi connectivity index (χ0) is 22.7. The van der Waals surface area contributed by atoms with E-state index >= 15 is 0 Å². The number of non-ortho nitro benzene ring substituents is 1. The highest BCUT2D eigenvalue weighted by molar-refractivity contribution is 6.04. The summed E-state index contributed by atoms with van der Waals surface area (Å²) in [6.07, 6.45) is 6.04. The Morgan fingerprint density at radius 1 is 1.00 bits per heavy atom. The predicted molar refractivity (Wildman–Crippen MR) is 121 cm³/mol. The van der Waals surface area contributed by atoms with Gasteiger partial charge in [-0.2, -0.15) is 0 Å². The summed E-state index contributed by atoms with van der Waals surface area (Å²) in [5, 5.41) is 13.6. The van der Waals surface area contributed by atoms with Gasteiger partial charge in [0.05, 0.1) is 4.92 Å². The van der Waals surface area contributed by atoms with Crippen molar-refractivity contribution in [2.45, 2.75) is 57.2 Å². The summed E-state index contributed by atoms with van der Waals surface area (Å²) in [5.41, 5.74) is 8.26. The number of anilines is 1. The molecule has 0 bridgehead atoms. The molecule has 2 unspecified atom stereocenters. The number of nitro benzene ring substituents is 1. The Balaban J connectivity index is 1.42. The van der Waals surface area contributed by atoms with Crippen molar-refractivity contribution in [3.8, 4) is 0 Å². The fourth-order valence-corrected chi connectivity index (χ4v) is 4.28. The van der Waals surface area contributed by atoms with E-state index in [2.05, 4.69) is 5.32 Å². The molecule has 0 spiro atoms. The average Bonchev–Trinajstić information content (AvgIpc) is 3.64. The molecule has 2 aliphatic rings. The lowest BCUT2D eigenvalue weighted by Crippen LogP contribution is -2.52. The van der Waals surface area contributed by atoms with Gasteiger partial charge in [-0.1, -0.05) is 25.0 Å². The number of hydrogen-bond donors (Lipinski definition) is 2. The van der Waals surface area contributed by atoms with Crippen LogP contribution in [0.25, 0.3) is 0 Å². The number of amides is 2. The molecule has 2 atom stereocenters.